The summed E-state index contributed by atoms with van der Waals surface area (Å²) in [5, 5.41) is 2.62. The van der Waals surface area contributed by atoms with E-state index in [0.717, 1.165) is 4.90 Å². The molecule has 0 radical (unpaired) electrons. The molecule has 1 aliphatic rings. The fraction of sp³-hybridized carbons (Fsp3) is 0.316. The minimum atomic E-state index is -1.31. The molecule has 2 heterocycles. The van der Waals surface area contributed by atoms with Gasteiger partial charge >= 0.3 is 6.03 Å². The first kappa shape index (κ1) is 17.7. The number of furan rings is 1. The number of imide groups is 1. The molecular formula is C19H21N3O4. The molecule has 0 spiro atoms. The number of hydrogen-bond acceptors (Lipinski definition) is 4. The van der Waals surface area contributed by atoms with Gasteiger partial charge in [0.05, 0.1) is 6.26 Å². The Bertz CT molecular complexity index is 817. The smallest absolute Gasteiger partial charge is 0.325 e. The van der Waals surface area contributed by atoms with E-state index in [1.54, 1.807) is 24.0 Å². The number of urea groups is 1. The molecule has 2 aromatic rings. The molecule has 1 saturated heterocycles. The quantitative estimate of drug-likeness (QED) is 0.836. The highest BCUT2D eigenvalue weighted by Gasteiger charge is 2.51. The molecule has 4 amide bonds. The number of carbonyl (C=O) groups excluding carboxylic acids is 3. The number of amides is 4. The maximum atomic E-state index is 12.9. The number of nitrogens with one attached hydrogen (secondary N) is 1. The Morgan fingerprint density at radius 2 is 1.88 bits per heavy atom. The summed E-state index contributed by atoms with van der Waals surface area (Å²) in [6.45, 7) is 4.98. The third-order valence-corrected chi connectivity index (χ3v) is 4.40. The SMILES string of the molecule is CC(C)N(C(=O)CN1C(=O)NC(C)(c2ccco2)C1=O)c1ccccc1. The van der Waals surface area contributed by atoms with Crippen molar-refractivity contribution in [2.75, 3.05) is 11.4 Å². The van der Waals surface area contributed by atoms with Crippen LogP contribution < -0.4 is 10.2 Å². The van der Waals surface area contributed by atoms with Crippen LogP contribution >= 0.6 is 0 Å². The summed E-state index contributed by atoms with van der Waals surface area (Å²) in [6.07, 6.45) is 1.43. The second kappa shape index (κ2) is 6.67. The van der Waals surface area contributed by atoms with Gasteiger partial charge in [0.25, 0.3) is 5.91 Å². The Morgan fingerprint density at radius 3 is 2.46 bits per heavy atom. The van der Waals surface area contributed by atoms with E-state index in [1.807, 2.05) is 44.2 Å². The Kier molecular flexibility index (Phi) is 4.54. The molecular weight excluding hydrogens is 334 g/mol. The molecule has 0 bridgehead atoms. The Morgan fingerprint density at radius 1 is 1.19 bits per heavy atom. The zero-order valence-electron chi connectivity index (χ0n) is 14.9. The van der Waals surface area contributed by atoms with Gasteiger partial charge in [-0.2, -0.15) is 0 Å². The lowest BCUT2D eigenvalue weighted by molar-refractivity contribution is -0.134. The summed E-state index contributed by atoms with van der Waals surface area (Å²) < 4.78 is 5.29. The van der Waals surface area contributed by atoms with Gasteiger partial charge in [0, 0.05) is 11.7 Å². The average molecular weight is 355 g/mol. The van der Waals surface area contributed by atoms with Crippen molar-refractivity contribution in [3.63, 3.8) is 0 Å². The van der Waals surface area contributed by atoms with Crippen molar-refractivity contribution in [1.82, 2.24) is 10.2 Å². The molecule has 0 aliphatic carbocycles. The number of anilines is 1. The van der Waals surface area contributed by atoms with Gasteiger partial charge in [-0.15, -0.1) is 0 Å². The van der Waals surface area contributed by atoms with Crippen LogP contribution in [0.25, 0.3) is 0 Å². The van der Waals surface area contributed by atoms with E-state index < -0.39 is 17.5 Å². The molecule has 1 unspecified atom stereocenters. The second-order valence-electron chi connectivity index (χ2n) is 6.62. The third kappa shape index (κ3) is 2.96. The molecule has 7 nitrogen and oxygen atoms in total. The first-order valence-electron chi connectivity index (χ1n) is 8.40. The Balaban J connectivity index is 1.82. The van der Waals surface area contributed by atoms with Crippen LogP contribution in [0.1, 0.15) is 26.5 Å². The van der Waals surface area contributed by atoms with Crippen molar-refractivity contribution in [2.24, 2.45) is 0 Å². The van der Waals surface area contributed by atoms with E-state index in [1.165, 1.54) is 6.26 Å². The van der Waals surface area contributed by atoms with Crippen LogP contribution in [0.2, 0.25) is 0 Å². The number of rotatable bonds is 5. The predicted octanol–water partition coefficient (Wildman–Crippen LogP) is 2.49. The standard InChI is InChI=1S/C19H21N3O4/c1-13(2)22(14-8-5-4-6-9-14)16(23)12-21-17(24)19(3,20-18(21)25)15-10-7-11-26-15/h4-11,13H,12H2,1-3H3,(H,20,25). The van der Waals surface area contributed by atoms with Gasteiger partial charge in [0.1, 0.15) is 12.3 Å². The van der Waals surface area contributed by atoms with E-state index in [9.17, 15) is 14.4 Å². The number of benzene rings is 1. The number of carbonyl (C=O) groups is 3. The zero-order chi connectivity index (χ0) is 18.9. The van der Waals surface area contributed by atoms with Gasteiger partial charge in [0.15, 0.2) is 5.54 Å². The molecule has 0 saturated carbocycles. The predicted molar refractivity (Wildman–Crippen MR) is 95.4 cm³/mol. The van der Waals surface area contributed by atoms with Crippen LogP contribution in [0, 0.1) is 0 Å². The van der Waals surface area contributed by atoms with Crippen molar-refractivity contribution in [3.8, 4) is 0 Å². The van der Waals surface area contributed by atoms with Crippen molar-refractivity contribution >= 4 is 23.5 Å². The van der Waals surface area contributed by atoms with Crippen LogP contribution in [-0.4, -0.2) is 35.3 Å². The fourth-order valence-corrected chi connectivity index (χ4v) is 3.10. The van der Waals surface area contributed by atoms with Crippen molar-refractivity contribution in [1.29, 1.82) is 0 Å². The molecule has 3 rings (SSSR count). The molecule has 1 aromatic carbocycles. The summed E-state index contributed by atoms with van der Waals surface area (Å²) in [7, 11) is 0. The molecule has 1 N–H and O–H groups in total. The van der Waals surface area contributed by atoms with Crippen molar-refractivity contribution in [3.05, 3.63) is 54.5 Å². The summed E-state index contributed by atoms with van der Waals surface area (Å²) >= 11 is 0. The zero-order valence-corrected chi connectivity index (χ0v) is 14.9. The lowest BCUT2D eigenvalue weighted by Gasteiger charge is -2.28. The van der Waals surface area contributed by atoms with E-state index in [0.29, 0.717) is 11.4 Å². The third-order valence-electron chi connectivity index (χ3n) is 4.40. The van der Waals surface area contributed by atoms with Gasteiger partial charge < -0.3 is 14.6 Å². The van der Waals surface area contributed by atoms with Crippen LogP contribution in [0.5, 0.6) is 0 Å². The summed E-state index contributed by atoms with van der Waals surface area (Å²) in [5.74, 6) is -0.518. The summed E-state index contributed by atoms with van der Waals surface area (Å²) in [6, 6.07) is 11.7. The molecule has 26 heavy (non-hydrogen) atoms. The van der Waals surface area contributed by atoms with Crippen molar-refractivity contribution in [2.45, 2.75) is 32.4 Å². The van der Waals surface area contributed by atoms with E-state index in [2.05, 4.69) is 5.32 Å². The Hall–Kier alpha value is -3.09. The maximum absolute atomic E-state index is 12.9. The summed E-state index contributed by atoms with van der Waals surface area (Å²) in [4.78, 5) is 40.5. The molecule has 136 valence electrons. The van der Waals surface area contributed by atoms with Crippen LogP contribution in [0.15, 0.2) is 53.1 Å². The average Bonchev–Trinajstić information content (AvgIpc) is 3.20. The monoisotopic (exact) mass is 355 g/mol. The van der Waals surface area contributed by atoms with Gasteiger partial charge in [-0.1, -0.05) is 18.2 Å². The van der Waals surface area contributed by atoms with E-state index >= 15 is 0 Å². The molecule has 1 fully saturated rings. The minimum absolute atomic E-state index is 0.123. The lowest BCUT2D eigenvalue weighted by Crippen LogP contribution is -2.46. The van der Waals surface area contributed by atoms with Crippen molar-refractivity contribution < 1.29 is 18.8 Å². The first-order chi connectivity index (χ1) is 12.3. The fourth-order valence-electron chi connectivity index (χ4n) is 3.10. The number of hydrogen-bond donors (Lipinski definition) is 1. The lowest BCUT2D eigenvalue weighted by atomic mass is 9.99. The van der Waals surface area contributed by atoms with E-state index in [4.69, 9.17) is 4.42 Å². The van der Waals surface area contributed by atoms with E-state index in [-0.39, 0.29) is 18.5 Å². The largest absolute Gasteiger partial charge is 0.466 e. The minimum Gasteiger partial charge on any atom is -0.466 e. The second-order valence-corrected chi connectivity index (χ2v) is 6.62. The van der Waals surface area contributed by atoms with Crippen LogP contribution in [0.3, 0.4) is 0 Å². The number of nitrogens with zero attached hydrogens (tertiary/aromatic N) is 2. The summed E-state index contributed by atoms with van der Waals surface area (Å²) in [5.41, 5.74) is -0.593. The molecule has 1 aromatic heterocycles. The normalized spacial score (nSPS) is 19.8. The van der Waals surface area contributed by atoms with Gasteiger partial charge in [0.2, 0.25) is 5.91 Å². The molecule has 1 aliphatic heterocycles. The van der Waals surface area contributed by atoms with Gasteiger partial charge in [-0.3, -0.25) is 14.5 Å². The van der Waals surface area contributed by atoms with Crippen LogP contribution in [0.4, 0.5) is 10.5 Å². The van der Waals surface area contributed by atoms with Crippen LogP contribution in [-0.2, 0) is 15.1 Å². The highest BCUT2D eigenvalue weighted by atomic mass is 16.3. The highest BCUT2D eigenvalue weighted by Crippen LogP contribution is 2.29. The maximum Gasteiger partial charge on any atom is 0.325 e. The topological polar surface area (TPSA) is 82.9 Å². The Labute approximate surface area is 151 Å². The van der Waals surface area contributed by atoms with Gasteiger partial charge in [-0.05, 0) is 45.0 Å². The molecule has 1 atom stereocenters. The van der Waals surface area contributed by atoms with Gasteiger partial charge in [-0.25, -0.2) is 4.79 Å². The molecule has 7 heteroatoms. The number of para-hydroxylation sites is 1. The first-order valence-corrected chi connectivity index (χ1v) is 8.40. The highest BCUT2D eigenvalue weighted by molar-refractivity contribution is 6.10.